The van der Waals surface area contributed by atoms with Gasteiger partial charge in [-0.1, -0.05) is 6.07 Å². The summed E-state index contributed by atoms with van der Waals surface area (Å²) in [5.74, 6) is 0. The zero-order chi connectivity index (χ0) is 24.9. The van der Waals surface area contributed by atoms with Gasteiger partial charge in [-0.15, -0.1) is 17.0 Å². The third-order valence-corrected chi connectivity index (χ3v) is 6.90. The molecule has 1 aromatic rings. The molecule has 2 aliphatic rings. The standard InChI is InChI=1S/C27H53N9.BrH/c1-5-28-11-13-30-9-3-17-35(19-15-32-7-1)24-26-21-27(23-34-22-26)25-36-18-4-10-31-14-12-29-6-2-8-33-16-20-36;/h21-23,28-33H,1-20,24-25H2;1H. The van der Waals surface area contributed by atoms with Gasteiger partial charge in [-0.3, -0.25) is 14.8 Å². The Hall–Kier alpha value is -0.690. The van der Waals surface area contributed by atoms with Gasteiger partial charge in [0.2, 0.25) is 0 Å². The maximum atomic E-state index is 4.64. The van der Waals surface area contributed by atoms with Gasteiger partial charge in [0, 0.05) is 77.8 Å². The molecule has 2 saturated heterocycles. The van der Waals surface area contributed by atoms with Crippen LogP contribution in [0.25, 0.3) is 0 Å². The molecule has 2 aliphatic heterocycles. The van der Waals surface area contributed by atoms with Crippen molar-refractivity contribution in [3.63, 3.8) is 0 Å². The monoisotopic (exact) mass is 583 g/mol. The summed E-state index contributed by atoms with van der Waals surface area (Å²) in [4.78, 5) is 9.82. The lowest BCUT2D eigenvalue weighted by Crippen LogP contribution is -2.37. The largest absolute Gasteiger partial charge is 0.315 e. The van der Waals surface area contributed by atoms with E-state index in [1.807, 2.05) is 0 Å². The molecule has 9 nitrogen and oxygen atoms in total. The van der Waals surface area contributed by atoms with Crippen molar-refractivity contribution in [3.05, 3.63) is 29.6 Å². The van der Waals surface area contributed by atoms with Gasteiger partial charge >= 0.3 is 0 Å². The average molecular weight is 585 g/mol. The van der Waals surface area contributed by atoms with Crippen molar-refractivity contribution < 1.29 is 0 Å². The van der Waals surface area contributed by atoms with Crippen LogP contribution in [-0.4, -0.2) is 119 Å². The van der Waals surface area contributed by atoms with Crippen molar-refractivity contribution in [2.24, 2.45) is 0 Å². The van der Waals surface area contributed by atoms with Crippen LogP contribution in [0.1, 0.15) is 36.8 Å². The lowest BCUT2D eigenvalue weighted by atomic mass is 10.1. The number of nitrogens with zero attached hydrogens (tertiary/aromatic N) is 3. The molecule has 3 rings (SSSR count). The minimum Gasteiger partial charge on any atom is -0.315 e. The fourth-order valence-electron chi connectivity index (χ4n) is 4.88. The van der Waals surface area contributed by atoms with Crippen LogP contribution in [0.15, 0.2) is 18.5 Å². The van der Waals surface area contributed by atoms with E-state index < -0.39 is 0 Å². The number of halogens is 1. The molecule has 0 aliphatic carbocycles. The summed E-state index contributed by atoms with van der Waals surface area (Å²) in [7, 11) is 0. The third-order valence-electron chi connectivity index (χ3n) is 6.90. The van der Waals surface area contributed by atoms with E-state index in [-0.39, 0.29) is 17.0 Å². The lowest BCUT2D eigenvalue weighted by molar-refractivity contribution is 0.255. The van der Waals surface area contributed by atoms with Crippen molar-refractivity contribution in [2.45, 2.75) is 38.8 Å². The third kappa shape index (κ3) is 16.1. The number of aromatic nitrogens is 1. The Morgan fingerprint density at radius 3 is 1.30 bits per heavy atom. The summed E-state index contributed by atoms with van der Waals surface area (Å²) in [6.45, 7) is 19.2. The van der Waals surface area contributed by atoms with Gasteiger partial charge in [-0.25, -0.2) is 0 Å². The van der Waals surface area contributed by atoms with E-state index in [0.29, 0.717) is 0 Å². The topological polar surface area (TPSA) is 91.6 Å². The number of pyridine rings is 1. The van der Waals surface area contributed by atoms with Gasteiger partial charge in [0.25, 0.3) is 0 Å². The number of hydrogen-bond donors (Lipinski definition) is 6. The van der Waals surface area contributed by atoms with Crippen LogP contribution in [0.3, 0.4) is 0 Å². The molecule has 0 radical (unpaired) electrons. The molecule has 3 heterocycles. The van der Waals surface area contributed by atoms with E-state index in [0.717, 1.165) is 118 Å². The highest BCUT2D eigenvalue weighted by Crippen LogP contribution is 2.10. The van der Waals surface area contributed by atoms with E-state index >= 15 is 0 Å². The smallest absolute Gasteiger partial charge is 0.0313 e. The highest BCUT2D eigenvalue weighted by Gasteiger charge is 2.10. The molecular formula is C27H54BrN9. The molecule has 0 saturated carbocycles. The molecule has 6 N–H and O–H groups in total. The number of hydrogen-bond acceptors (Lipinski definition) is 9. The Labute approximate surface area is 236 Å². The quantitative estimate of drug-likeness (QED) is 0.301. The maximum Gasteiger partial charge on any atom is 0.0313 e. The van der Waals surface area contributed by atoms with Crippen LogP contribution in [-0.2, 0) is 13.1 Å². The molecule has 10 heteroatoms. The van der Waals surface area contributed by atoms with Crippen molar-refractivity contribution in [3.8, 4) is 0 Å². The summed E-state index contributed by atoms with van der Waals surface area (Å²) in [5.41, 5.74) is 2.67. The summed E-state index contributed by atoms with van der Waals surface area (Å²) >= 11 is 0. The average Bonchev–Trinajstić information content (AvgIpc) is 2.88. The lowest BCUT2D eigenvalue weighted by Gasteiger charge is -2.25. The van der Waals surface area contributed by atoms with Gasteiger partial charge in [0.15, 0.2) is 0 Å². The maximum absolute atomic E-state index is 4.64. The first-order valence-electron chi connectivity index (χ1n) is 14.5. The SMILES string of the molecule is Br.c1ncc(CN2CCCNCCNCCCNCC2)cc1CN1CCCNCCNCCCNCC1. The Morgan fingerprint density at radius 1 is 0.486 bits per heavy atom. The first-order chi connectivity index (χ1) is 17.9. The van der Waals surface area contributed by atoms with E-state index in [4.69, 9.17) is 0 Å². The van der Waals surface area contributed by atoms with E-state index in [2.05, 4.69) is 65.1 Å². The van der Waals surface area contributed by atoms with E-state index in [9.17, 15) is 0 Å². The van der Waals surface area contributed by atoms with Crippen LogP contribution < -0.4 is 31.9 Å². The summed E-state index contributed by atoms with van der Waals surface area (Å²) in [5, 5.41) is 21.4. The second kappa shape index (κ2) is 22.2. The molecule has 37 heavy (non-hydrogen) atoms. The second-order valence-corrected chi connectivity index (χ2v) is 10.2. The summed E-state index contributed by atoms with van der Waals surface area (Å²) in [6, 6.07) is 2.39. The first kappa shape index (κ1) is 32.5. The van der Waals surface area contributed by atoms with Crippen LogP contribution >= 0.6 is 17.0 Å². The van der Waals surface area contributed by atoms with Gasteiger partial charge in [-0.05, 0) is 89.2 Å². The molecule has 1 aromatic heterocycles. The Kier molecular flexibility index (Phi) is 19.5. The molecule has 0 unspecified atom stereocenters. The van der Waals surface area contributed by atoms with Crippen LogP contribution in [0.2, 0.25) is 0 Å². The second-order valence-electron chi connectivity index (χ2n) is 10.2. The van der Waals surface area contributed by atoms with E-state index in [1.165, 1.54) is 36.8 Å². The minimum absolute atomic E-state index is 0. The molecular weight excluding hydrogens is 530 g/mol. The zero-order valence-electron chi connectivity index (χ0n) is 23.0. The highest BCUT2D eigenvalue weighted by molar-refractivity contribution is 8.93. The van der Waals surface area contributed by atoms with Crippen molar-refractivity contribution >= 4 is 17.0 Å². The normalized spacial score (nSPS) is 22.3. The minimum atomic E-state index is 0. The van der Waals surface area contributed by atoms with Crippen LogP contribution in [0.4, 0.5) is 0 Å². The van der Waals surface area contributed by atoms with Gasteiger partial charge in [0.1, 0.15) is 0 Å². The molecule has 0 bridgehead atoms. The Bertz CT molecular complexity index is 587. The van der Waals surface area contributed by atoms with E-state index in [1.54, 1.807) is 0 Å². The molecule has 0 spiro atoms. The van der Waals surface area contributed by atoms with Crippen molar-refractivity contribution in [1.29, 1.82) is 0 Å². The fraction of sp³-hybridized carbons (Fsp3) is 0.815. The van der Waals surface area contributed by atoms with Gasteiger partial charge in [0.05, 0.1) is 0 Å². The summed E-state index contributed by atoms with van der Waals surface area (Å²) in [6.07, 6.45) is 8.86. The highest BCUT2D eigenvalue weighted by atomic mass is 79.9. The van der Waals surface area contributed by atoms with Crippen molar-refractivity contribution in [1.82, 2.24) is 46.7 Å². The van der Waals surface area contributed by atoms with Gasteiger partial charge < -0.3 is 31.9 Å². The van der Waals surface area contributed by atoms with Crippen LogP contribution in [0.5, 0.6) is 0 Å². The van der Waals surface area contributed by atoms with Crippen molar-refractivity contribution in [2.75, 3.05) is 105 Å². The molecule has 214 valence electrons. The van der Waals surface area contributed by atoms with Gasteiger partial charge in [-0.2, -0.15) is 0 Å². The molecule has 0 amide bonds. The summed E-state index contributed by atoms with van der Waals surface area (Å²) < 4.78 is 0. The first-order valence-corrected chi connectivity index (χ1v) is 14.5. The zero-order valence-corrected chi connectivity index (χ0v) is 24.8. The molecule has 0 atom stereocenters. The predicted molar refractivity (Wildman–Crippen MR) is 161 cm³/mol. The Morgan fingerprint density at radius 2 is 0.865 bits per heavy atom. The predicted octanol–water partition coefficient (Wildman–Crippen LogP) is 0.389. The number of nitrogens with one attached hydrogen (secondary N) is 6. The molecule has 2 fully saturated rings. The fourth-order valence-corrected chi connectivity index (χ4v) is 4.88. The molecule has 0 aromatic carbocycles. The Balaban J connectivity index is 0.00000481. The van der Waals surface area contributed by atoms with Crippen LogP contribution in [0, 0.1) is 0 Å². The number of rotatable bonds is 4.